The SMILES string of the molecule is NS(=O)(=O)c1cccc(CNC2CNC2)c1. The topological polar surface area (TPSA) is 84.2 Å². The molecule has 0 amide bonds. The molecule has 1 fully saturated rings. The number of rotatable bonds is 4. The number of benzene rings is 1. The van der Waals surface area contributed by atoms with Gasteiger partial charge < -0.3 is 10.6 Å². The molecule has 16 heavy (non-hydrogen) atoms. The van der Waals surface area contributed by atoms with Crippen LogP contribution in [0.2, 0.25) is 0 Å². The lowest BCUT2D eigenvalue weighted by atomic mass is 10.1. The fourth-order valence-corrected chi connectivity index (χ4v) is 2.11. The largest absolute Gasteiger partial charge is 0.314 e. The second-order valence-electron chi connectivity index (χ2n) is 3.93. The van der Waals surface area contributed by atoms with Gasteiger partial charge in [-0.15, -0.1) is 0 Å². The quantitative estimate of drug-likeness (QED) is 0.657. The molecule has 88 valence electrons. The second-order valence-corrected chi connectivity index (χ2v) is 5.49. The van der Waals surface area contributed by atoms with Crippen LogP contribution in [0.5, 0.6) is 0 Å². The second kappa shape index (κ2) is 4.50. The number of nitrogens with one attached hydrogen (secondary N) is 2. The van der Waals surface area contributed by atoms with E-state index in [9.17, 15) is 8.42 Å². The zero-order valence-corrected chi connectivity index (χ0v) is 9.63. The van der Waals surface area contributed by atoms with Gasteiger partial charge in [-0.2, -0.15) is 0 Å². The van der Waals surface area contributed by atoms with Crippen LogP contribution < -0.4 is 15.8 Å². The van der Waals surface area contributed by atoms with Crippen molar-refractivity contribution in [1.82, 2.24) is 10.6 Å². The molecule has 0 bridgehead atoms. The minimum atomic E-state index is -3.60. The van der Waals surface area contributed by atoms with Crippen LogP contribution >= 0.6 is 0 Å². The Kier molecular flexibility index (Phi) is 3.25. The Morgan fingerprint density at radius 1 is 1.44 bits per heavy atom. The van der Waals surface area contributed by atoms with Crippen molar-refractivity contribution in [3.8, 4) is 0 Å². The van der Waals surface area contributed by atoms with Gasteiger partial charge in [0.05, 0.1) is 4.90 Å². The number of sulfonamides is 1. The Morgan fingerprint density at radius 3 is 2.75 bits per heavy atom. The number of nitrogens with two attached hydrogens (primary N) is 1. The van der Waals surface area contributed by atoms with Crippen molar-refractivity contribution >= 4 is 10.0 Å². The lowest BCUT2D eigenvalue weighted by molar-refractivity contribution is 0.365. The standard InChI is InChI=1S/C10H15N3O2S/c11-16(14,15)10-3-1-2-8(4-10)5-13-9-6-12-7-9/h1-4,9,12-13H,5-7H2,(H2,11,14,15). The van der Waals surface area contributed by atoms with E-state index in [0.717, 1.165) is 18.7 Å². The van der Waals surface area contributed by atoms with E-state index in [1.165, 1.54) is 6.07 Å². The van der Waals surface area contributed by atoms with Gasteiger partial charge in [0.1, 0.15) is 0 Å². The first-order valence-corrected chi connectivity index (χ1v) is 6.66. The van der Waals surface area contributed by atoms with Crippen LogP contribution in [0.1, 0.15) is 5.56 Å². The summed E-state index contributed by atoms with van der Waals surface area (Å²) in [7, 11) is -3.60. The fraction of sp³-hybridized carbons (Fsp3) is 0.400. The molecule has 0 spiro atoms. The van der Waals surface area contributed by atoms with Crippen LogP contribution in [-0.4, -0.2) is 27.5 Å². The van der Waals surface area contributed by atoms with Crippen molar-refractivity contribution in [2.24, 2.45) is 5.14 Å². The highest BCUT2D eigenvalue weighted by Gasteiger charge is 2.15. The summed E-state index contributed by atoms with van der Waals surface area (Å²) in [5, 5.41) is 11.5. The lowest BCUT2D eigenvalue weighted by Gasteiger charge is -2.28. The van der Waals surface area contributed by atoms with Gasteiger partial charge >= 0.3 is 0 Å². The summed E-state index contributed by atoms with van der Waals surface area (Å²) in [6, 6.07) is 7.18. The highest BCUT2D eigenvalue weighted by atomic mass is 32.2. The predicted molar refractivity (Wildman–Crippen MR) is 61.3 cm³/mol. The van der Waals surface area contributed by atoms with Crippen molar-refractivity contribution in [1.29, 1.82) is 0 Å². The molecule has 0 saturated carbocycles. The summed E-state index contributed by atoms with van der Waals surface area (Å²) in [5.41, 5.74) is 0.929. The molecular formula is C10H15N3O2S. The Bertz CT molecular complexity index is 469. The van der Waals surface area contributed by atoms with E-state index in [1.807, 2.05) is 6.07 Å². The number of hydrogen-bond donors (Lipinski definition) is 3. The van der Waals surface area contributed by atoms with E-state index in [4.69, 9.17) is 5.14 Å². The molecule has 0 radical (unpaired) electrons. The molecule has 1 aliphatic heterocycles. The molecule has 1 aromatic rings. The molecule has 6 heteroatoms. The Morgan fingerprint density at radius 2 is 2.19 bits per heavy atom. The maximum Gasteiger partial charge on any atom is 0.238 e. The first kappa shape index (κ1) is 11.5. The molecule has 0 aliphatic carbocycles. The van der Waals surface area contributed by atoms with Gasteiger partial charge in [0.2, 0.25) is 10.0 Å². The van der Waals surface area contributed by atoms with Gasteiger partial charge in [0.15, 0.2) is 0 Å². The average molecular weight is 241 g/mol. The summed E-state index contributed by atoms with van der Waals surface area (Å²) >= 11 is 0. The summed E-state index contributed by atoms with van der Waals surface area (Å²) in [4.78, 5) is 0.165. The normalized spacial score (nSPS) is 17.1. The summed E-state index contributed by atoms with van der Waals surface area (Å²) < 4.78 is 22.3. The van der Waals surface area contributed by atoms with Gasteiger partial charge in [-0.3, -0.25) is 0 Å². The molecular weight excluding hydrogens is 226 g/mol. The Labute approximate surface area is 95.1 Å². The van der Waals surface area contributed by atoms with E-state index in [2.05, 4.69) is 10.6 Å². The average Bonchev–Trinajstić information content (AvgIpc) is 2.14. The zero-order chi connectivity index (χ0) is 11.6. The van der Waals surface area contributed by atoms with Crippen LogP contribution in [0.15, 0.2) is 29.2 Å². The highest BCUT2D eigenvalue weighted by Crippen LogP contribution is 2.09. The molecule has 5 nitrogen and oxygen atoms in total. The van der Waals surface area contributed by atoms with Crippen molar-refractivity contribution < 1.29 is 8.42 Å². The third-order valence-electron chi connectivity index (χ3n) is 2.60. The van der Waals surface area contributed by atoms with Crippen molar-refractivity contribution in [3.05, 3.63) is 29.8 Å². The van der Waals surface area contributed by atoms with Gasteiger partial charge in [0, 0.05) is 25.7 Å². The van der Waals surface area contributed by atoms with Crippen LogP contribution in [0, 0.1) is 0 Å². The molecule has 1 aliphatic rings. The molecule has 0 atom stereocenters. The van der Waals surface area contributed by atoms with E-state index >= 15 is 0 Å². The van der Waals surface area contributed by atoms with Crippen LogP contribution in [0.3, 0.4) is 0 Å². The highest BCUT2D eigenvalue weighted by molar-refractivity contribution is 7.89. The molecule has 2 rings (SSSR count). The van der Waals surface area contributed by atoms with E-state index < -0.39 is 10.0 Å². The van der Waals surface area contributed by atoms with Gasteiger partial charge in [0.25, 0.3) is 0 Å². The van der Waals surface area contributed by atoms with E-state index in [0.29, 0.717) is 12.6 Å². The number of primary sulfonamides is 1. The van der Waals surface area contributed by atoms with Crippen molar-refractivity contribution in [3.63, 3.8) is 0 Å². The third-order valence-corrected chi connectivity index (χ3v) is 3.51. The minimum Gasteiger partial charge on any atom is -0.314 e. The summed E-state index contributed by atoms with van der Waals surface area (Å²) in [6.07, 6.45) is 0. The minimum absolute atomic E-state index is 0.165. The van der Waals surface area contributed by atoms with Crippen LogP contribution in [0.25, 0.3) is 0 Å². The zero-order valence-electron chi connectivity index (χ0n) is 8.81. The monoisotopic (exact) mass is 241 g/mol. The van der Waals surface area contributed by atoms with Crippen molar-refractivity contribution in [2.45, 2.75) is 17.5 Å². The van der Waals surface area contributed by atoms with Crippen LogP contribution in [0.4, 0.5) is 0 Å². The molecule has 1 aromatic carbocycles. The summed E-state index contributed by atoms with van der Waals surface area (Å²) in [6.45, 7) is 2.60. The fourth-order valence-electron chi connectivity index (χ4n) is 1.53. The maximum absolute atomic E-state index is 11.1. The van der Waals surface area contributed by atoms with Gasteiger partial charge in [-0.1, -0.05) is 12.1 Å². The smallest absolute Gasteiger partial charge is 0.238 e. The van der Waals surface area contributed by atoms with Gasteiger partial charge in [-0.25, -0.2) is 13.6 Å². The Hall–Kier alpha value is -0.950. The number of hydrogen-bond acceptors (Lipinski definition) is 4. The van der Waals surface area contributed by atoms with Gasteiger partial charge in [-0.05, 0) is 17.7 Å². The van der Waals surface area contributed by atoms with E-state index in [-0.39, 0.29) is 4.90 Å². The van der Waals surface area contributed by atoms with Crippen LogP contribution in [-0.2, 0) is 16.6 Å². The van der Waals surface area contributed by atoms with E-state index in [1.54, 1.807) is 12.1 Å². The Balaban J connectivity index is 2.04. The molecule has 0 unspecified atom stereocenters. The molecule has 1 saturated heterocycles. The molecule has 0 aromatic heterocycles. The third kappa shape index (κ3) is 2.79. The maximum atomic E-state index is 11.1. The first-order valence-electron chi connectivity index (χ1n) is 5.11. The lowest BCUT2D eigenvalue weighted by Crippen LogP contribution is -2.54. The first-order chi connectivity index (χ1) is 7.55. The molecule has 1 heterocycles. The van der Waals surface area contributed by atoms with Crippen molar-refractivity contribution in [2.75, 3.05) is 13.1 Å². The summed E-state index contributed by atoms with van der Waals surface area (Å²) in [5.74, 6) is 0. The predicted octanol–water partition coefficient (Wildman–Crippen LogP) is -0.605. The molecule has 4 N–H and O–H groups in total.